The Morgan fingerprint density at radius 3 is 2.94 bits per heavy atom. The zero-order valence-electron chi connectivity index (χ0n) is 11.0. The maximum absolute atomic E-state index is 5.83. The van der Waals surface area contributed by atoms with Crippen LogP contribution in [0, 0.1) is 0 Å². The molecule has 1 aliphatic heterocycles. The minimum atomic E-state index is 0.545. The summed E-state index contributed by atoms with van der Waals surface area (Å²) in [7, 11) is 0. The van der Waals surface area contributed by atoms with E-state index in [-0.39, 0.29) is 0 Å². The lowest BCUT2D eigenvalue weighted by Crippen LogP contribution is -2.31. The normalized spacial score (nSPS) is 23.4. The topological polar surface area (TPSA) is 41.3 Å². The van der Waals surface area contributed by atoms with Gasteiger partial charge in [-0.3, -0.25) is 0 Å². The van der Waals surface area contributed by atoms with Crippen LogP contribution < -0.4 is 11.1 Å². The van der Waals surface area contributed by atoms with Crippen LogP contribution in [-0.2, 0) is 6.42 Å². The summed E-state index contributed by atoms with van der Waals surface area (Å²) in [6.07, 6.45) is 5.15. The van der Waals surface area contributed by atoms with Crippen LogP contribution in [0.4, 0.5) is 5.69 Å². The number of hydrogen-bond donors (Lipinski definition) is 2. The second-order valence-electron chi connectivity index (χ2n) is 5.55. The van der Waals surface area contributed by atoms with Crippen molar-refractivity contribution in [3.05, 3.63) is 29.3 Å². The molecule has 1 saturated heterocycles. The average Bonchev–Trinajstić information content (AvgIpc) is 2.99. The van der Waals surface area contributed by atoms with Gasteiger partial charge in [0.05, 0.1) is 0 Å². The molecule has 0 spiro atoms. The highest BCUT2D eigenvalue weighted by molar-refractivity contribution is 5.47. The summed E-state index contributed by atoms with van der Waals surface area (Å²) in [5.41, 5.74) is 9.63. The first kappa shape index (κ1) is 12.0. The number of hydrogen-bond acceptors (Lipinski definition) is 3. The van der Waals surface area contributed by atoms with Crippen LogP contribution in [0.3, 0.4) is 0 Å². The highest BCUT2D eigenvalue weighted by Crippen LogP contribution is 2.32. The molecule has 0 saturated carbocycles. The van der Waals surface area contributed by atoms with Gasteiger partial charge in [-0.25, -0.2) is 0 Å². The maximum Gasteiger partial charge on any atom is 0.0326 e. The van der Waals surface area contributed by atoms with E-state index in [1.165, 1.54) is 56.4 Å². The summed E-state index contributed by atoms with van der Waals surface area (Å²) in [5, 5.41) is 3.70. The van der Waals surface area contributed by atoms with Crippen LogP contribution in [0.1, 0.15) is 36.4 Å². The van der Waals surface area contributed by atoms with Crippen LogP contribution in [0.25, 0.3) is 0 Å². The molecular weight excluding hydrogens is 222 g/mol. The number of anilines is 1. The predicted octanol–water partition coefficient (Wildman–Crippen LogP) is 1.94. The van der Waals surface area contributed by atoms with Gasteiger partial charge in [-0.1, -0.05) is 6.07 Å². The van der Waals surface area contributed by atoms with Gasteiger partial charge < -0.3 is 16.0 Å². The maximum atomic E-state index is 5.83. The molecule has 1 atom stereocenters. The zero-order valence-corrected chi connectivity index (χ0v) is 11.0. The molecule has 0 radical (unpaired) electrons. The van der Waals surface area contributed by atoms with Gasteiger partial charge in [0, 0.05) is 24.8 Å². The van der Waals surface area contributed by atoms with Crippen molar-refractivity contribution in [2.24, 2.45) is 0 Å². The minimum absolute atomic E-state index is 0.545. The number of aryl methyl sites for hydroxylation is 1. The number of nitrogens with zero attached hydrogens (tertiary/aromatic N) is 1. The number of nitrogens with one attached hydrogen (secondary N) is 1. The number of likely N-dealkylation sites (tertiary alicyclic amines) is 1. The van der Waals surface area contributed by atoms with Crippen LogP contribution in [0.15, 0.2) is 18.2 Å². The van der Waals surface area contributed by atoms with Crippen molar-refractivity contribution in [3.8, 4) is 0 Å². The summed E-state index contributed by atoms with van der Waals surface area (Å²) in [6.45, 7) is 4.88. The van der Waals surface area contributed by atoms with Gasteiger partial charge in [0.25, 0.3) is 0 Å². The zero-order chi connectivity index (χ0) is 12.4. The van der Waals surface area contributed by atoms with E-state index in [1.54, 1.807) is 0 Å². The van der Waals surface area contributed by atoms with Gasteiger partial charge in [-0.05, 0) is 62.0 Å². The predicted molar refractivity (Wildman–Crippen MR) is 75.6 cm³/mol. The monoisotopic (exact) mass is 245 g/mol. The Labute approximate surface area is 109 Å². The fraction of sp³-hybridized carbons (Fsp3) is 0.600. The molecule has 1 aromatic carbocycles. The third-order valence-corrected chi connectivity index (χ3v) is 4.26. The third kappa shape index (κ3) is 2.52. The first-order valence-electron chi connectivity index (χ1n) is 7.17. The summed E-state index contributed by atoms with van der Waals surface area (Å²) in [6, 6.07) is 6.91. The van der Waals surface area contributed by atoms with Crippen molar-refractivity contribution in [1.29, 1.82) is 0 Å². The van der Waals surface area contributed by atoms with Gasteiger partial charge in [-0.2, -0.15) is 0 Å². The fourth-order valence-electron chi connectivity index (χ4n) is 3.25. The molecule has 98 valence electrons. The lowest BCUT2D eigenvalue weighted by Gasteiger charge is -2.18. The molecular formula is C15H23N3. The Kier molecular flexibility index (Phi) is 3.52. The number of fused-ring (bicyclic) bond motifs is 1. The highest BCUT2D eigenvalue weighted by Gasteiger charge is 2.22. The Morgan fingerprint density at radius 2 is 2.11 bits per heavy atom. The molecule has 0 aromatic heterocycles. The van der Waals surface area contributed by atoms with Crippen molar-refractivity contribution < 1.29 is 0 Å². The Bertz CT molecular complexity index is 410. The largest absolute Gasteiger partial charge is 0.399 e. The first-order chi connectivity index (χ1) is 8.83. The van der Waals surface area contributed by atoms with E-state index in [1.807, 2.05) is 6.07 Å². The fourth-order valence-corrected chi connectivity index (χ4v) is 3.25. The SMILES string of the molecule is Nc1ccc2c(c1)CCC2NCCN1CCCC1. The molecule has 0 bridgehead atoms. The molecule has 3 nitrogen and oxygen atoms in total. The van der Waals surface area contributed by atoms with Crippen molar-refractivity contribution in [2.45, 2.75) is 31.7 Å². The molecule has 1 aliphatic carbocycles. The molecule has 1 fully saturated rings. The average molecular weight is 245 g/mol. The van der Waals surface area contributed by atoms with Crippen LogP contribution in [0.5, 0.6) is 0 Å². The molecule has 1 heterocycles. The van der Waals surface area contributed by atoms with E-state index in [2.05, 4.69) is 22.3 Å². The molecule has 1 aromatic rings. The second-order valence-corrected chi connectivity index (χ2v) is 5.55. The van der Waals surface area contributed by atoms with Gasteiger partial charge >= 0.3 is 0 Å². The van der Waals surface area contributed by atoms with E-state index in [0.717, 1.165) is 12.2 Å². The molecule has 18 heavy (non-hydrogen) atoms. The molecule has 3 rings (SSSR count). The van der Waals surface area contributed by atoms with E-state index < -0.39 is 0 Å². The standard InChI is InChI=1S/C15H23N3/c16-13-4-5-14-12(11-13)3-6-15(14)17-7-10-18-8-1-2-9-18/h4-5,11,15,17H,1-3,6-10,16H2. The van der Waals surface area contributed by atoms with Gasteiger partial charge in [0.15, 0.2) is 0 Å². The quantitative estimate of drug-likeness (QED) is 0.797. The van der Waals surface area contributed by atoms with Crippen LogP contribution in [-0.4, -0.2) is 31.1 Å². The molecule has 2 aliphatic rings. The van der Waals surface area contributed by atoms with Gasteiger partial charge in [-0.15, -0.1) is 0 Å². The van der Waals surface area contributed by atoms with Crippen molar-refractivity contribution >= 4 is 5.69 Å². The molecule has 0 amide bonds. The van der Waals surface area contributed by atoms with E-state index >= 15 is 0 Å². The number of nitrogens with two attached hydrogens (primary N) is 1. The molecule has 3 heteroatoms. The summed E-state index contributed by atoms with van der Waals surface area (Å²) >= 11 is 0. The van der Waals surface area contributed by atoms with E-state index in [9.17, 15) is 0 Å². The number of benzene rings is 1. The van der Waals surface area contributed by atoms with Crippen LogP contribution in [0.2, 0.25) is 0 Å². The van der Waals surface area contributed by atoms with Crippen molar-refractivity contribution in [1.82, 2.24) is 10.2 Å². The summed E-state index contributed by atoms with van der Waals surface area (Å²) in [5.74, 6) is 0. The van der Waals surface area contributed by atoms with E-state index in [4.69, 9.17) is 5.73 Å². The number of rotatable bonds is 4. The van der Waals surface area contributed by atoms with Gasteiger partial charge in [0.1, 0.15) is 0 Å². The Balaban J connectivity index is 1.53. The van der Waals surface area contributed by atoms with Gasteiger partial charge in [0.2, 0.25) is 0 Å². The minimum Gasteiger partial charge on any atom is -0.399 e. The smallest absolute Gasteiger partial charge is 0.0326 e. The lowest BCUT2D eigenvalue weighted by atomic mass is 10.1. The second kappa shape index (κ2) is 5.29. The van der Waals surface area contributed by atoms with Crippen molar-refractivity contribution in [3.63, 3.8) is 0 Å². The third-order valence-electron chi connectivity index (χ3n) is 4.26. The summed E-state index contributed by atoms with van der Waals surface area (Å²) < 4.78 is 0. The first-order valence-corrected chi connectivity index (χ1v) is 7.17. The van der Waals surface area contributed by atoms with E-state index in [0.29, 0.717) is 6.04 Å². The number of nitrogen functional groups attached to an aromatic ring is 1. The Hall–Kier alpha value is -1.06. The lowest BCUT2D eigenvalue weighted by molar-refractivity contribution is 0.327. The molecule has 3 N–H and O–H groups in total. The molecule has 1 unspecified atom stereocenters. The van der Waals surface area contributed by atoms with Crippen molar-refractivity contribution in [2.75, 3.05) is 31.9 Å². The van der Waals surface area contributed by atoms with Crippen LogP contribution >= 0.6 is 0 Å². The summed E-state index contributed by atoms with van der Waals surface area (Å²) in [4.78, 5) is 2.56. The Morgan fingerprint density at radius 1 is 1.28 bits per heavy atom. The highest BCUT2D eigenvalue weighted by atomic mass is 15.2.